The van der Waals surface area contributed by atoms with Gasteiger partial charge in [-0.3, -0.25) is 4.90 Å². The molecular weight excluding hydrogens is 238 g/mol. The number of likely N-dealkylation sites (tertiary alicyclic amines) is 1. The Morgan fingerprint density at radius 2 is 2.26 bits per heavy atom. The highest BCUT2D eigenvalue weighted by Crippen LogP contribution is 2.21. The molecule has 1 unspecified atom stereocenters. The summed E-state index contributed by atoms with van der Waals surface area (Å²) < 4.78 is 1.96. The minimum absolute atomic E-state index is 0.556. The van der Waals surface area contributed by atoms with Crippen LogP contribution < -0.4 is 0 Å². The van der Waals surface area contributed by atoms with Gasteiger partial charge in [0.2, 0.25) is 0 Å². The molecule has 0 N–H and O–H groups in total. The van der Waals surface area contributed by atoms with E-state index in [0.717, 1.165) is 17.7 Å². The average molecular weight is 259 g/mol. The number of aromatic nitrogens is 4. The first kappa shape index (κ1) is 12.5. The fraction of sp³-hybridized carbons (Fsp3) is 0.643. The quantitative estimate of drug-likeness (QED) is 0.846. The van der Waals surface area contributed by atoms with Crippen LogP contribution in [0.25, 0.3) is 11.2 Å². The zero-order chi connectivity index (χ0) is 13.2. The van der Waals surface area contributed by atoms with Gasteiger partial charge in [-0.1, -0.05) is 11.6 Å². The van der Waals surface area contributed by atoms with E-state index in [2.05, 4.69) is 34.0 Å². The summed E-state index contributed by atoms with van der Waals surface area (Å²) in [5, 5.41) is 8.45. The van der Waals surface area contributed by atoms with Crippen LogP contribution in [0, 0.1) is 0 Å². The van der Waals surface area contributed by atoms with Gasteiger partial charge in [-0.2, -0.15) is 0 Å². The Balaban J connectivity index is 1.83. The third-order valence-electron chi connectivity index (χ3n) is 3.99. The predicted molar refractivity (Wildman–Crippen MR) is 74.8 cm³/mol. The van der Waals surface area contributed by atoms with E-state index in [1.165, 1.54) is 25.8 Å². The fourth-order valence-electron chi connectivity index (χ4n) is 3.03. The molecule has 3 rings (SSSR count). The molecule has 5 heteroatoms. The molecule has 2 aromatic heterocycles. The Labute approximate surface area is 113 Å². The van der Waals surface area contributed by atoms with Crippen LogP contribution in [-0.4, -0.2) is 43.5 Å². The van der Waals surface area contributed by atoms with Crippen LogP contribution in [0.3, 0.4) is 0 Å². The molecule has 19 heavy (non-hydrogen) atoms. The molecule has 0 aliphatic carbocycles. The SMILES string of the molecule is CC(C)N1CCCCC1Cn1nnc2cccnc21. The minimum atomic E-state index is 0.556. The van der Waals surface area contributed by atoms with Gasteiger partial charge in [-0.15, -0.1) is 5.10 Å². The van der Waals surface area contributed by atoms with Crippen molar-refractivity contribution in [3.63, 3.8) is 0 Å². The standard InChI is InChI=1S/C14H21N5/c1-11(2)18-9-4-3-6-12(18)10-19-14-13(16-17-19)7-5-8-15-14/h5,7-8,11-12H,3-4,6,9-10H2,1-2H3. The number of pyridine rings is 1. The first-order valence-corrected chi connectivity index (χ1v) is 7.15. The van der Waals surface area contributed by atoms with Crippen molar-refractivity contribution in [1.82, 2.24) is 24.9 Å². The Morgan fingerprint density at radius 3 is 3.11 bits per heavy atom. The number of piperidine rings is 1. The molecule has 3 heterocycles. The van der Waals surface area contributed by atoms with Gasteiger partial charge in [0.25, 0.3) is 0 Å². The zero-order valence-electron chi connectivity index (χ0n) is 11.7. The minimum Gasteiger partial charge on any atom is -0.296 e. The summed E-state index contributed by atoms with van der Waals surface area (Å²) in [6.45, 7) is 6.64. The lowest BCUT2D eigenvalue weighted by Crippen LogP contribution is -2.46. The summed E-state index contributed by atoms with van der Waals surface area (Å²) >= 11 is 0. The summed E-state index contributed by atoms with van der Waals surface area (Å²) in [6, 6.07) is 5.02. The van der Waals surface area contributed by atoms with E-state index < -0.39 is 0 Å². The highest BCUT2D eigenvalue weighted by atomic mass is 15.4. The van der Waals surface area contributed by atoms with E-state index in [-0.39, 0.29) is 0 Å². The third kappa shape index (κ3) is 2.47. The summed E-state index contributed by atoms with van der Waals surface area (Å²) in [5.41, 5.74) is 1.78. The lowest BCUT2D eigenvalue weighted by Gasteiger charge is -2.38. The second-order valence-electron chi connectivity index (χ2n) is 5.60. The fourth-order valence-corrected chi connectivity index (χ4v) is 3.03. The van der Waals surface area contributed by atoms with Crippen LogP contribution in [0.4, 0.5) is 0 Å². The summed E-state index contributed by atoms with van der Waals surface area (Å²) in [7, 11) is 0. The maximum absolute atomic E-state index is 4.40. The van der Waals surface area contributed by atoms with Gasteiger partial charge in [0.15, 0.2) is 5.65 Å². The number of rotatable bonds is 3. The normalized spacial score (nSPS) is 21.3. The van der Waals surface area contributed by atoms with Crippen LogP contribution in [-0.2, 0) is 6.54 Å². The molecular formula is C14H21N5. The predicted octanol–water partition coefficient (Wildman–Crippen LogP) is 2.09. The highest BCUT2D eigenvalue weighted by molar-refractivity contribution is 5.68. The van der Waals surface area contributed by atoms with Gasteiger partial charge in [0.1, 0.15) is 5.52 Å². The van der Waals surface area contributed by atoms with Crippen LogP contribution in [0.5, 0.6) is 0 Å². The Bertz CT molecular complexity index is 548. The second-order valence-corrected chi connectivity index (χ2v) is 5.60. The van der Waals surface area contributed by atoms with Gasteiger partial charge in [0, 0.05) is 18.3 Å². The molecule has 1 fully saturated rings. The second kappa shape index (κ2) is 5.25. The van der Waals surface area contributed by atoms with Gasteiger partial charge >= 0.3 is 0 Å². The summed E-state index contributed by atoms with van der Waals surface area (Å²) in [6.07, 6.45) is 5.68. The van der Waals surface area contributed by atoms with Crippen molar-refractivity contribution < 1.29 is 0 Å². The van der Waals surface area contributed by atoms with Gasteiger partial charge in [-0.25, -0.2) is 9.67 Å². The Hall–Kier alpha value is -1.49. The number of hydrogen-bond acceptors (Lipinski definition) is 4. The molecule has 0 spiro atoms. The Morgan fingerprint density at radius 1 is 1.37 bits per heavy atom. The number of nitrogens with zero attached hydrogens (tertiary/aromatic N) is 5. The van der Waals surface area contributed by atoms with Crippen LogP contribution in [0.2, 0.25) is 0 Å². The van der Waals surface area contributed by atoms with E-state index in [1.54, 1.807) is 0 Å². The molecule has 2 aromatic rings. The van der Waals surface area contributed by atoms with E-state index in [0.29, 0.717) is 12.1 Å². The van der Waals surface area contributed by atoms with Crippen molar-refractivity contribution in [2.75, 3.05) is 6.54 Å². The third-order valence-corrected chi connectivity index (χ3v) is 3.99. The molecule has 1 aliphatic rings. The van der Waals surface area contributed by atoms with Crippen molar-refractivity contribution in [3.8, 4) is 0 Å². The van der Waals surface area contributed by atoms with Crippen molar-refractivity contribution in [1.29, 1.82) is 0 Å². The molecule has 1 atom stereocenters. The summed E-state index contributed by atoms with van der Waals surface area (Å²) in [5.74, 6) is 0. The van der Waals surface area contributed by atoms with Crippen molar-refractivity contribution in [2.24, 2.45) is 0 Å². The molecule has 0 aromatic carbocycles. The maximum atomic E-state index is 4.40. The molecule has 5 nitrogen and oxygen atoms in total. The monoisotopic (exact) mass is 259 g/mol. The van der Waals surface area contributed by atoms with E-state index in [1.807, 2.05) is 23.0 Å². The first-order chi connectivity index (χ1) is 9.25. The number of hydrogen-bond donors (Lipinski definition) is 0. The van der Waals surface area contributed by atoms with Crippen LogP contribution >= 0.6 is 0 Å². The molecule has 0 radical (unpaired) electrons. The maximum Gasteiger partial charge on any atom is 0.178 e. The summed E-state index contributed by atoms with van der Waals surface area (Å²) in [4.78, 5) is 6.98. The van der Waals surface area contributed by atoms with Crippen molar-refractivity contribution in [2.45, 2.75) is 51.7 Å². The van der Waals surface area contributed by atoms with Crippen LogP contribution in [0.1, 0.15) is 33.1 Å². The van der Waals surface area contributed by atoms with Crippen molar-refractivity contribution >= 4 is 11.2 Å². The Kier molecular flexibility index (Phi) is 3.46. The number of fused-ring (bicyclic) bond motifs is 1. The molecule has 1 saturated heterocycles. The first-order valence-electron chi connectivity index (χ1n) is 7.15. The molecule has 1 aliphatic heterocycles. The lowest BCUT2D eigenvalue weighted by atomic mass is 10.0. The lowest BCUT2D eigenvalue weighted by molar-refractivity contribution is 0.0969. The molecule has 0 saturated carbocycles. The topological polar surface area (TPSA) is 46.8 Å². The van der Waals surface area contributed by atoms with E-state index in [9.17, 15) is 0 Å². The smallest absolute Gasteiger partial charge is 0.178 e. The van der Waals surface area contributed by atoms with Crippen molar-refractivity contribution in [3.05, 3.63) is 18.3 Å². The molecule has 0 bridgehead atoms. The molecule has 102 valence electrons. The highest BCUT2D eigenvalue weighted by Gasteiger charge is 2.25. The van der Waals surface area contributed by atoms with E-state index in [4.69, 9.17) is 0 Å². The average Bonchev–Trinajstić information content (AvgIpc) is 2.83. The van der Waals surface area contributed by atoms with Crippen LogP contribution in [0.15, 0.2) is 18.3 Å². The van der Waals surface area contributed by atoms with Gasteiger partial charge in [-0.05, 0) is 45.4 Å². The zero-order valence-corrected chi connectivity index (χ0v) is 11.7. The van der Waals surface area contributed by atoms with Gasteiger partial charge < -0.3 is 0 Å². The van der Waals surface area contributed by atoms with Gasteiger partial charge in [0.05, 0.1) is 6.54 Å². The largest absolute Gasteiger partial charge is 0.296 e. The van der Waals surface area contributed by atoms with E-state index >= 15 is 0 Å². The molecule has 0 amide bonds.